The highest BCUT2D eigenvalue weighted by molar-refractivity contribution is 6.00. The number of hydrazone groups is 1. The molecule has 4 aromatic carbocycles. The van der Waals surface area contributed by atoms with Crippen LogP contribution in [0, 0.1) is 0 Å². The van der Waals surface area contributed by atoms with Crippen LogP contribution in [0.25, 0.3) is 11.1 Å². The topological polar surface area (TPSA) is 50.7 Å². The molecule has 4 heteroatoms. The van der Waals surface area contributed by atoms with Crippen LogP contribution in [0.3, 0.4) is 0 Å². The summed E-state index contributed by atoms with van der Waals surface area (Å²) >= 11 is 0. The lowest BCUT2D eigenvalue weighted by atomic mass is 9.86. The number of carbonyl (C=O) groups is 1. The van der Waals surface area contributed by atoms with Crippen LogP contribution in [0.1, 0.15) is 54.7 Å². The lowest BCUT2D eigenvalue weighted by Crippen LogP contribution is -2.19. The number of ether oxygens (including phenoxy) is 1. The molecule has 0 bridgehead atoms. The number of para-hydroxylation sites is 1. The van der Waals surface area contributed by atoms with Gasteiger partial charge in [0.25, 0.3) is 5.91 Å². The minimum atomic E-state index is -0.248. The summed E-state index contributed by atoms with van der Waals surface area (Å²) in [6.07, 6.45) is 0. The molecular weight excluding hydrogens is 444 g/mol. The number of hydrogen-bond donors (Lipinski definition) is 1. The van der Waals surface area contributed by atoms with Crippen molar-refractivity contribution in [3.63, 3.8) is 0 Å². The molecule has 0 saturated heterocycles. The van der Waals surface area contributed by atoms with Crippen molar-refractivity contribution in [2.45, 2.75) is 39.7 Å². The van der Waals surface area contributed by atoms with Crippen LogP contribution >= 0.6 is 0 Å². The van der Waals surface area contributed by atoms with Gasteiger partial charge in [-0.05, 0) is 52.8 Å². The van der Waals surface area contributed by atoms with E-state index in [2.05, 4.69) is 61.6 Å². The molecule has 0 saturated carbocycles. The first-order valence-electron chi connectivity index (χ1n) is 12.1. The Hall–Kier alpha value is -4.18. The lowest BCUT2D eigenvalue weighted by molar-refractivity contribution is 0.0954. The maximum atomic E-state index is 12.6. The number of hydrogen-bond acceptors (Lipinski definition) is 3. The predicted octanol–water partition coefficient (Wildman–Crippen LogP) is 7.38. The molecule has 0 radical (unpaired) electrons. The van der Waals surface area contributed by atoms with E-state index in [0.29, 0.717) is 12.2 Å². The Morgan fingerprint density at radius 3 is 2.06 bits per heavy atom. The normalized spacial score (nSPS) is 11.7. The van der Waals surface area contributed by atoms with Gasteiger partial charge in [-0.2, -0.15) is 5.10 Å². The first-order valence-corrected chi connectivity index (χ1v) is 12.1. The van der Waals surface area contributed by atoms with Gasteiger partial charge in [-0.3, -0.25) is 4.79 Å². The first-order chi connectivity index (χ1) is 17.3. The van der Waals surface area contributed by atoms with Crippen molar-refractivity contribution < 1.29 is 9.53 Å². The zero-order valence-corrected chi connectivity index (χ0v) is 21.3. The average molecular weight is 477 g/mol. The monoisotopic (exact) mass is 476 g/mol. The summed E-state index contributed by atoms with van der Waals surface area (Å²) in [5, 5.41) is 4.29. The van der Waals surface area contributed by atoms with Gasteiger partial charge < -0.3 is 4.74 Å². The summed E-state index contributed by atoms with van der Waals surface area (Å²) < 4.78 is 6.11. The molecule has 0 aliphatic carbocycles. The fraction of sp³-hybridized carbons (Fsp3) is 0.188. The molecule has 0 atom stereocenters. The predicted molar refractivity (Wildman–Crippen MR) is 147 cm³/mol. The third kappa shape index (κ3) is 6.28. The molecular formula is C32H32N2O2. The second kappa shape index (κ2) is 11.0. The Morgan fingerprint density at radius 2 is 1.39 bits per heavy atom. The molecule has 36 heavy (non-hydrogen) atoms. The van der Waals surface area contributed by atoms with Crippen molar-refractivity contribution in [3.05, 3.63) is 125 Å². The summed E-state index contributed by atoms with van der Waals surface area (Å²) in [4.78, 5) is 12.6. The molecule has 0 heterocycles. The van der Waals surface area contributed by atoms with Crippen LogP contribution in [-0.4, -0.2) is 11.6 Å². The number of rotatable bonds is 7. The molecule has 0 fully saturated rings. The number of nitrogens with zero attached hydrogens (tertiary/aromatic N) is 1. The van der Waals surface area contributed by atoms with Gasteiger partial charge in [0, 0.05) is 11.1 Å². The summed E-state index contributed by atoms with van der Waals surface area (Å²) in [6.45, 7) is 8.85. The van der Waals surface area contributed by atoms with Crippen molar-refractivity contribution >= 4 is 11.6 Å². The van der Waals surface area contributed by atoms with Crippen LogP contribution in [0.2, 0.25) is 0 Å². The molecule has 0 spiro atoms. The molecule has 4 nitrogen and oxygen atoms in total. The second-order valence-corrected chi connectivity index (χ2v) is 9.81. The van der Waals surface area contributed by atoms with Gasteiger partial charge in [-0.25, -0.2) is 5.43 Å². The van der Waals surface area contributed by atoms with Crippen LogP contribution in [0.5, 0.6) is 5.75 Å². The highest BCUT2D eigenvalue weighted by Gasteiger charge is 2.13. The molecule has 0 unspecified atom stereocenters. The second-order valence-electron chi connectivity index (χ2n) is 9.81. The smallest absolute Gasteiger partial charge is 0.271 e. The van der Waals surface area contributed by atoms with Crippen LogP contribution in [0.4, 0.5) is 0 Å². The van der Waals surface area contributed by atoms with E-state index in [4.69, 9.17) is 4.74 Å². The largest absolute Gasteiger partial charge is 0.488 e. The molecule has 0 aromatic heterocycles. The van der Waals surface area contributed by atoms with Crippen LogP contribution in [-0.2, 0) is 12.0 Å². The Labute approximate surface area is 213 Å². The van der Waals surface area contributed by atoms with Gasteiger partial charge in [-0.1, -0.05) is 106 Å². The molecule has 0 aliphatic heterocycles. The van der Waals surface area contributed by atoms with Crippen molar-refractivity contribution in [2.24, 2.45) is 5.10 Å². The van der Waals surface area contributed by atoms with Crippen LogP contribution < -0.4 is 10.2 Å². The molecule has 4 aromatic rings. The summed E-state index contributed by atoms with van der Waals surface area (Å²) in [7, 11) is 0. The Bertz CT molecular complexity index is 1330. The van der Waals surface area contributed by atoms with E-state index in [0.717, 1.165) is 33.7 Å². The third-order valence-corrected chi connectivity index (χ3v) is 6.08. The fourth-order valence-electron chi connectivity index (χ4n) is 3.84. The van der Waals surface area contributed by atoms with Gasteiger partial charge in [0.15, 0.2) is 0 Å². The van der Waals surface area contributed by atoms with Gasteiger partial charge >= 0.3 is 0 Å². The zero-order chi connectivity index (χ0) is 25.5. The summed E-state index contributed by atoms with van der Waals surface area (Å²) in [6, 6.07) is 33.9. The highest BCUT2D eigenvalue weighted by Crippen LogP contribution is 2.30. The van der Waals surface area contributed by atoms with E-state index < -0.39 is 0 Å². The van der Waals surface area contributed by atoms with Gasteiger partial charge in [0.2, 0.25) is 0 Å². The Balaban J connectivity index is 1.36. The molecule has 4 rings (SSSR count). The summed E-state index contributed by atoms with van der Waals surface area (Å²) in [5.74, 6) is 0.577. The first kappa shape index (κ1) is 24.9. The number of carbonyl (C=O) groups excluding carboxylic acids is 1. The summed E-state index contributed by atoms with van der Waals surface area (Å²) in [5.41, 5.74) is 9.44. The maximum Gasteiger partial charge on any atom is 0.271 e. The van der Waals surface area contributed by atoms with E-state index in [-0.39, 0.29) is 11.3 Å². The van der Waals surface area contributed by atoms with Crippen molar-refractivity contribution in [1.82, 2.24) is 5.43 Å². The van der Waals surface area contributed by atoms with Gasteiger partial charge in [-0.15, -0.1) is 0 Å². The standard InChI is InChI=1S/C32H32N2O2/c1-23(25-18-20-28(21-19-25)32(2,3)4)33-34-31(35)27-16-14-24(15-17-27)22-36-30-13-9-8-12-29(30)26-10-6-5-7-11-26/h5-21H,22H2,1-4H3,(H,34,35). The Kier molecular flexibility index (Phi) is 7.65. The number of benzene rings is 4. The maximum absolute atomic E-state index is 12.6. The molecule has 182 valence electrons. The average Bonchev–Trinajstić information content (AvgIpc) is 2.91. The van der Waals surface area contributed by atoms with Crippen molar-refractivity contribution in [3.8, 4) is 16.9 Å². The van der Waals surface area contributed by atoms with E-state index in [1.165, 1.54) is 5.56 Å². The molecule has 0 aliphatic rings. The lowest BCUT2D eigenvalue weighted by Gasteiger charge is -2.19. The minimum absolute atomic E-state index is 0.0975. The minimum Gasteiger partial charge on any atom is -0.488 e. The van der Waals surface area contributed by atoms with Gasteiger partial charge in [0.05, 0.1) is 5.71 Å². The quantitative estimate of drug-likeness (QED) is 0.223. The SMILES string of the molecule is CC(=NNC(=O)c1ccc(COc2ccccc2-c2ccccc2)cc1)c1ccc(C(C)(C)C)cc1. The van der Waals surface area contributed by atoms with E-state index in [1.54, 1.807) is 12.1 Å². The van der Waals surface area contributed by atoms with Crippen molar-refractivity contribution in [2.75, 3.05) is 0 Å². The van der Waals surface area contributed by atoms with E-state index in [9.17, 15) is 4.79 Å². The number of nitrogens with one attached hydrogen (secondary N) is 1. The fourth-order valence-corrected chi connectivity index (χ4v) is 3.84. The van der Waals surface area contributed by atoms with Crippen molar-refractivity contribution in [1.29, 1.82) is 0 Å². The Morgan fingerprint density at radius 1 is 0.778 bits per heavy atom. The van der Waals surface area contributed by atoms with Crippen LogP contribution in [0.15, 0.2) is 108 Å². The molecule has 1 amide bonds. The number of amides is 1. The van der Waals surface area contributed by atoms with Gasteiger partial charge in [0.1, 0.15) is 12.4 Å². The van der Waals surface area contributed by atoms with E-state index in [1.807, 2.05) is 67.6 Å². The van der Waals surface area contributed by atoms with E-state index >= 15 is 0 Å². The third-order valence-electron chi connectivity index (χ3n) is 6.08. The molecule has 1 N–H and O–H groups in total. The zero-order valence-electron chi connectivity index (χ0n) is 21.3. The highest BCUT2D eigenvalue weighted by atomic mass is 16.5.